The van der Waals surface area contributed by atoms with E-state index in [4.69, 9.17) is 28.4 Å². The number of aryl methyl sites for hydroxylation is 1. The second kappa shape index (κ2) is 17.0. The summed E-state index contributed by atoms with van der Waals surface area (Å²) < 4.78 is 35.2. The second-order valence-corrected chi connectivity index (χ2v) is 12.5. The van der Waals surface area contributed by atoms with Gasteiger partial charge in [-0.1, -0.05) is 18.2 Å². The summed E-state index contributed by atoms with van der Waals surface area (Å²) in [6.07, 6.45) is -1.19. The number of alkyl carbamates (subject to hydrolysis) is 1. The average Bonchev–Trinajstić information content (AvgIpc) is 3.63. The van der Waals surface area contributed by atoms with Crippen LogP contribution in [0.3, 0.4) is 0 Å². The highest BCUT2D eigenvalue weighted by Crippen LogP contribution is 2.33. The molecule has 45 heavy (non-hydrogen) atoms. The van der Waals surface area contributed by atoms with Crippen LogP contribution < -0.4 is 14.8 Å². The number of aliphatic hydroxyl groups excluding tert-OH is 1. The largest absolute Gasteiger partial charge is 0.494 e. The minimum Gasteiger partial charge on any atom is -0.494 e. The van der Waals surface area contributed by atoms with Crippen molar-refractivity contribution in [1.29, 1.82) is 0 Å². The lowest BCUT2D eigenvalue weighted by Gasteiger charge is -2.32. The van der Waals surface area contributed by atoms with E-state index < -0.39 is 30.3 Å². The van der Waals surface area contributed by atoms with Crippen LogP contribution in [0.4, 0.5) is 4.79 Å². The van der Waals surface area contributed by atoms with Crippen molar-refractivity contribution < 1.29 is 43.1 Å². The number of hydrogen-bond donors (Lipinski definition) is 2. The van der Waals surface area contributed by atoms with Gasteiger partial charge in [-0.25, -0.2) is 13.9 Å². The van der Waals surface area contributed by atoms with Crippen LogP contribution in [0.1, 0.15) is 45.2 Å². The van der Waals surface area contributed by atoms with E-state index in [1.807, 2.05) is 44.2 Å². The summed E-state index contributed by atoms with van der Waals surface area (Å²) in [5.74, 6) is 0.903. The Hall–Kier alpha value is -3.03. The smallest absolute Gasteiger partial charge is 0.407 e. The topological polar surface area (TPSA) is 125 Å². The van der Waals surface area contributed by atoms with Crippen LogP contribution in [-0.2, 0) is 30.2 Å². The zero-order valence-corrected chi connectivity index (χ0v) is 27.5. The van der Waals surface area contributed by atoms with Gasteiger partial charge in [-0.15, -0.1) is 0 Å². The number of nitrogens with zero attached hydrogens (tertiary/aromatic N) is 1. The molecular formula is C33H46N2O9S. The first kappa shape index (κ1) is 34.8. The minimum absolute atomic E-state index is 0.00481. The number of hydrogen-bond acceptors (Lipinski definition) is 11. The zero-order chi connectivity index (χ0) is 32.3. The van der Waals surface area contributed by atoms with E-state index >= 15 is 0 Å². The Morgan fingerprint density at radius 3 is 2.58 bits per heavy atom. The van der Waals surface area contributed by atoms with E-state index in [0.717, 1.165) is 28.2 Å². The maximum atomic E-state index is 13.2. The van der Waals surface area contributed by atoms with E-state index in [2.05, 4.69) is 23.5 Å². The Morgan fingerprint density at radius 2 is 1.87 bits per heavy atom. The Labute approximate surface area is 270 Å². The summed E-state index contributed by atoms with van der Waals surface area (Å²) >= 11 is 1.53. The predicted octanol–water partition coefficient (Wildman–Crippen LogP) is 4.51. The molecule has 5 atom stereocenters. The highest BCUT2D eigenvalue weighted by atomic mass is 32.2. The number of benzene rings is 2. The van der Waals surface area contributed by atoms with Crippen molar-refractivity contribution in [3.63, 3.8) is 0 Å². The lowest BCUT2D eigenvalue weighted by atomic mass is 10.0. The molecule has 2 aromatic rings. The molecule has 0 radical (unpaired) electrons. The fraction of sp³-hybridized carbons (Fsp3) is 0.576. The molecule has 0 bridgehead atoms. The van der Waals surface area contributed by atoms with Gasteiger partial charge >= 0.3 is 12.1 Å². The van der Waals surface area contributed by atoms with Gasteiger partial charge in [0.2, 0.25) is 0 Å². The molecule has 2 N–H and O–H groups in total. The molecule has 2 saturated heterocycles. The molecule has 11 nitrogen and oxygen atoms in total. The third-order valence-corrected chi connectivity index (χ3v) is 8.95. The summed E-state index contributed by atoms with van der Waals surface area (Å²) in [7, 11) is 0. The van der Waals surface area contributed by atoms with E-state index in [-0.39, 0.29) is 44.6 Å². The molecule has 2 fully saturated rings. The molecular weight excluding hydrogens is 600 g/mol. The highest BCUT2D eigenvalue weighted by molar-refractivity contribution is 7.97. The number of carbonyl (C=O) groups excluding carboxylic acids is 2. The first-order chi connectivity index (χ1) is 21.7. The van der Waals surface area contributed by atoms with Crippen LogP contribution in [0, 0.1) is 12.8 Å². The summed E-state index contributed by atoms with van der Waals surface area (Å²) in [4.78, 5) is 25.8. The number of amides is 1. The van der Waals surface area contributed by atoms with Crippen molar-refractivity contribution in [2.75, 3.05) is 39.6 Å². The molecule has 4 rings (SSSR count). The van der Waals surface area contributed by atoms with Gasteiger partial charge < -0.3 is 38.8 Å². The van der Waals surface area contributed by atoms with Gasteiger partial charge in [0.05, 0.1) is 44.5 Å². The van der Waals surface area contributed by atoms with Crippen molar-refractivity contribution in [3.8, 4) is 11.5 Å². The molecule has 2 heterocycles. The Kier molecular flexibility index (Phi) is 13.2. The van der Waals surface area contributed by atoms with E-state index in [1.165, 1.54) is 11.9 Å². The number of rotatable bonds is 16. The van der Waals surface area contributed by atoms with Crippen LogP contribution in [0.2, 0.25) is 0 Å². The Balaban J connectivity index is 1.45. The SMILES string of the molecule is CCOC(=O)COc1ccc(CC(NC(=O)OC2CO[C@H]3OCC[C@@H]23)C(O)CN(Sc2ccc(C)c(OCC)c2)C(C)C)cc1. The monoisotopic (exact) mass is 646 g/mol. The van der Waals surface area contributed by atoms with Gasteiger partial charge in [0, 0.05) is 17.5 Å². The van der Waals surface area contributed by atoms with Gasteiger partial charge in [0.25, 0.3) is 0 Å². The molecule has 0 aliphatic carbocycles. The maximum Gasteiger partial charge on any atom is 0.407 e. The lowest BCUT2D eigenvalue weighted by Crippen LogP contribution is -2.50. The number of esters is 1. The van der Waals surface area contributed by atoms with Gasteiger partial charge in [-0.3, -0.25) is 0 Å². The normalized spacial score (nSPS) is 20.5. The van der Waals surface area contributed by atoms with Crippen molar-refractivity contribution in [1.82, 2.24) is 9.62 Å². The number of carbonyl (C=O) groups is 2. The molecule has 3 unspecified atom stereocenters. The molecule has 0 spiro atoms. The summed E-state index contributed by atoms with van der Waals surface area (Å²) in [6, 6.07) is 12.7. The van der Waals surface area contributed by atoms with Crippen molar-refractivity contribution in [2.24, 2.45) is 5.92 Å². The quantitative estimate of drug-likeness (QED) is 0.198. The standard InChI is InChI=1S/C33H46N2O9S/c1-6-39-29-17-25(13-8-22(29)5)45-35(21(3)4)18-28(36)27(34-33(38)44-30-19-43-32-26(30)14-15-41-32)16-23-9-11-24(12-10-23)42-20-31(37)40-7-2/h8-13,17,21,26-28,30,32,36H,6-7,14-16,18-20H2,1-5H3,(H,34,38)/t26-,27?,28?,30?,32+/m0/s1. The molecule has 0 saturated carbocycles. The van der Waals surface area contributed by atoms with Crippen LogP contribution in [0.15, 0.2) is 47.4 Å². The molecule has 0 aromatic heterocycles. The third kappa shape index (κ3) is 10.2. The maximum absolute atomic E-state index is 13.2. The fourth-order valence-electron chi connectivity index (χ4n) is 5.22. The Morgan fingerprint density at radius 1 is 1.09 bits per heavy atom. The molecule has 2 aromatic carbocycles. The van der Waals surface area contributed by atoms with Gasteiger partial charge in [-0.05, 0) is 94.8 Å². The van der Waals surface area contributed by atoms with E-state index in [9.17, 15) is 14.7 Å². The fourth-order valence-corrected chi connectivity index (χ4v) is 6.22. The first-order valence-electron chi connectivity index (χ1n) is 15.6. The summed E-state index contributed by atoms with van der Waals surface area (Å²) in [5, 5.41) is 14.5. The van der Waals surface area contributed by atoms with Crippen LogP contribution in [0.5, 0.6) is 11.5 Å². The van der Waals surface area contributed by atoms with Crippen LogP contribution in [-0.4, -0.2) is 91.6 Å². The lowest BCUT2D eigenvalue weighted by molar-refractivity contribution is -0.145. The molecule has 12 heteroatoms. The summed E-state index contributed by atoms with van der Waals surface area (Å²) in [5.41, 5.74) is 1.92. The van der Waals surface area contributed by atoms with Gasteiger partial charge in [0.1, 0.15) is 17.6 Å². The van der Waals surface area contributed by atoms with Crippen molar-refractivity contribution in [2.45, 2.75) is 82.9 Å². The number of ether oxygens (including phenoxy) is 6. The predicted molar refractivity (Wildman–Crippen MR) is 169 cm³/mol. The number of fused-ring (bicyclic) bond motifs is 1. The Bertz CT molecular complexity index is 1250. The van der Waals surface area contributed by atoms with Gasteiger partial charge in [0.15, 0.2) is 12.9 Å². The van der Waals surface area contributed by atoms with E-state index in [1.54, 1.807) is 19.1 Å². The zero-order valence-electron chi connectivity index (χ0n) is 26.7. The first-order valence-corrected chi connectivity index (χ1v) is 16.4. The van der Waals surface area contributed by atoms with Crippen molar-refractivity contribution >= 4 is 24.0 Å². The second-order valence-electron chi connectivity index (χ2n) is 11.4. The molecule has 1 amide bonds. The van der Waals surface area contributed by atoms with E-state index in [0.29, 0.717) is 25.4 Å². The van der Waals surface area contributed by atoms with Crippen molar-refractivity contribution in [3.05, 3.63) is 53.6 Å². The third-order valence-electron chi connectivity index (χ3n) is 7.68. The van der Waals surface area contributed by atoms with Gasteiger partial charge in [-0.2, -0.15) is 0 Å². The summed E-state index contributed by atoms with van der Waals surface area (Å²) in [6.45, 7) is 11.6. The highest BCUT2D eigenvalue weighted by Gasteiger charge is 2.44. The molecule has 2 aliphatic rings. The molecule has 2 aliphatic heterocycles. The van der Waals surface area contributed by atoms with Crippen LogP contribution in [0.25, 0.3) is 0 Å². The number of aliphatic hydroxyl groups is 1. The van der Waals surface area contributed by atoms with Crippen LogP contribution >= 0.6 is 11.9 Å². The number of nitrogens with one attached hydrogen (secondary N) is 1. The molecule has 248 valence electrons. The average molecular weight is 647 g/mol. The minimum atomic E-state index is -0.939.